The molecule has 1 atom stereocenters. The number of imidazole rings is 1. The molecule has 1 fully saturated rings. The number of piperidine rings is 1. The van der Waals surface area contributed by atoms with Gasteiger partial charge in [0.15, 0.2) is 5.69 Å². The standard InChI is InChI=1S/C13H15N3O3/c17-9-3-4-10-11(13(18)19)15-12(16(10)7-9)8-2-1-5-14-6-8/h3-4,7-8,14,17H,1-2,5-6H2,(H,18,19). The average molecular weight is 261 g/mol. The van der Waals surface area contributed by atoms with Crippen molar-refractivity contribution in [2.75, 3.05) is 13.1 Å². The Balaban J connectivity index is 2.17. The van der Waals surface area contributed by atoms with Gasteiger partial charge in [0, 0.05) is 12.5 Å². The first kappa shape index (κ1) is 12.0. The van der Waals surface area contributed by atoms with E-state index in [-0.39, 0.29) is 17.4 Å². The van der Waals surface area contributed by atoms with Crippen LogP contribution < -0.4 is 5.32 Å². The lowest BCUT2D eigenvalue weighted by Gasteiger charge is -2.21. The molecule has 1 saturated heterocycles. The Morgan fingerprint density at radius 1 is 1.47 bits per heavy atom. The minimum absolute atomic E-state index is 0.0422. The summed E-state index contributed by atoms with van der Waals surface area (Å²) in [5.41, 5.74) is 0.562. The van der Waals surface area contributed by atoms with Gasteiger partial charge in [-0.1, -0.05) is 0 Å². The molecule has 1 unspecified atom stereocenters. The number of nitrogens with one attached hydrogen (secondary N) is 1. The first-order valence-corrected chi connectivity index (χ1v) is 6.32. The van der Waals surface area contributed by atoms with Crippen LogP contribution in [0.3, 0.4) is 0 Å². The summed E-state index contributed by atoms with van der Waals surface area (Å²) in [7, 11) is 0. The number of aromatic hydroxyl groups is 1. The van der Waals surface area contributed by atoms with Crippen molar-refractivity contribution in [3.05, 3.63) is 29.8 Å². The second kappa shape index (κ2) is 4.55. The lowest BCUT2D eigenvalue weighted by atomic mass is 9.99. The molecule has 2 aromatic rings. The van der Waals surface area contributed by atoms with Gasteiger partial charge in [-0.3, -0.25) is 4.40 Å². The maximum absolute atomic E-state index is 11.2. The molecule has 19 heavy (non-hydrogen) atoms. The number of carboxylic acid groups (broad SMARTS) is 1. The van der Waals surface area contributed by atoms with Crippen molar-refractivity contribution in [3.63, 3.8) is 0 Å². The fourth-order valence-electron chi connectivity index (χ4n) is 2.62. The number of carboxylic acids is 1. The molecule has 0 saturated carbocycles. The lowest BCUT2D eigenvalue weighted by Crippen LogP contribution is -2.29. The zero-order chi connectivity index (χ0) is 13.4. The quantitative estimate of drug-likeness (QED) is 0.756. The van der Waals surface area contributed by atoms with Gasteiger partial charge in [0.2, 0.25) is 0 Å². The summed E-state index contributed by atoms with van der Waals surface area (Å²) in [6.45, 7) is 1.77. The van der Waals surface area contributed by atoms with E-state index in [0.29, 0.717) is 11.3 Å². The molecular weight excluding hydrogens is 246 g/mol. The highest BCUT2D eigenvalue weighted by atomic mass is 16.4. The van der Waals surface area contributed by atoms with Crippen LogP contribution in [0.25, 0.3) is 5.52 Å². The molecule has 6 heteroatoms. The maximum Gasteiger partial charge on any atom is 0.356 e. The van der Waals surface area contributed by atoms with Crippen LogP contribution in [0, 0.1) is 0 Å². The van der Waals surface area contributed by atoms with Gasteiger partial charge in [0.1, 0.15) is 11.6 Å². The van der Waals surface area contributed by atoms with Gasteiger partial charge in [-0.2, -0.15) is 0 Å². The molecular formula is C13H15N3O3. The van der Waals surface area contributed by atoms with Crippen LogP contribution in [0.2, 0.25) is 0 Å². The number of carbonyl (C=O) groups is 1. The zero-order valence-electron chi connectivity index (χ0n) is 10.3. The van der Waals surface area contributed by atoms with Gasteiger partial charge in [0.05, 0.1) is 11.7 Å². The van der Waals surface area contributed by atoms with Crippen molar-refractivity contribution in [1.29, 1.82) is 0 Å². The van der Waals surface area contributed by atoms with Gasteiger partial charge in [-0.25, -0.2) is 9.78 Å². The zero-order valence-corrected chi connectivity index (χ0v) is 10.3. The summed E-state index contributed by atoms with van der Waals surface area (Å²) in [6.07, 6.45) is 3.54. The summed E-state index contributed by atoms with van der Waals surface area (Å²) in [6, 6.07) is 3.07. The summed E-state index contributed by atoms with van der Waals surface area (Å²) in [4.78, 5) is 15.5. The Labute approximate surface area is 109 Å². The highest BCUT2D eigenvalue weighted by Crippen LogP contribution is 2.26. The number of fused-ring (bicyclic) bond motifs is 1. The van der Waals surface area contributed by atoms with E-state index in [1.54, 1.807) is 10.5 Å². The van der Waals surface area contributed by atoms with Crippen LogP contribution in [0.4, 0.5) is 0 Å². The third-order valence-corrected chi connectivity index (χ3v) is 3.51. The van der Waals surface area contributed by atoms with Crippen molar-refractivity contribution < 1.29 is 15.0 Å². The van der Waals surface area contributed by atoms with E-state index in [9.17, 15) is 15.0 Å². The molecule has 1 aliphatic rings. The smallest absolute Gasteiger partial charge is 0.356 e. The number of hydrogen-bond acceptors (Lipinski definition) is 4. The van der Waals surface area contributed by atoms with E-state index in [2.05, 4.69) is 10.3 Å². The Morgan fingerprint density at radius 3 is 3.00 bits per heavy atom. The molecule has 0 aliphatic carbocycles. The molecule has 0 amide bonds. The topological polar surface area (TPSA) is 86.9 Å². The highest BCUT2D eigenvalue weighted by molar-refractivity contribution is 5.93. The third kappa shape index (κ3) is 2.04. The molecule has 6 nitrogen and oxygen atoms in total. The molecule has 3 rings (SSSR count). The van der Waals surface area contributed by atoms with Gasteiger partial charge >= 0.3 is 5.97 Å². The number of aromatic carboxylic acids is 1. The van der Waals surface area contributed by atoms with Crippen LogP contribution in [-0.4, -0.2) is 38.7 Å². The Morgan fingerprint density at radius 2 is 2.32 bits per heavy atom. The van der Waals surface area contributed by atoms with Crippen LogP contribution in [-0.2, 0) is 0 Å². The highest BCUT2D eigenvalue weighted by Gasteiger charge is 2.24. The van der Waals surface area contributed by atoms with E-state index in [1.165, 1.54) is 12.3 Å². The van der Waals surface area contributed by atoms with E-state index in [1.807, 2.05) is 0 Å². The van der Waals surface area contributed by atoms with Gasteiger partial charge in [-0.05, 0) is 31.5 Å². The number of hydrogen-bond donors (Lipinski definition) is 3. The van der Waals surface area contributed by atoms with Gasteiger partial charge < -0.3 is 15.5 Å². The van der Waals surface area contributed by atoms with Gasteiger partial charge in [0.25, 0.3) is 0 Å². The first-order valence-electron chi connectivity index (χ1n) is 6.32. The molecule has 3 N–H and O–H groups in total. The number of pyridine rings is 1. The van der Waals surface area contributed by atoms with Crippen LogP contribution in [0.1, 0.15) is 35.1 Å². The number of nitrogens with zero attached hydrogens (tertiary/aromatic N) is 2. The van der Waals surface area contributed by atoms with Crippen LogP contribution in [0.5, 0.6) is 5.75 Å². The van der Waals surface area contributed by atoms with Crippen LogP contribution in [0.15, 0.2) is 18.3 Å². The molecule has 0 spiro atoms. The molecule has 100 valence electrons. The predicted octanol–water partition coefficient (Wildman–Crippen LogP) is 1.21. The van der Waals surface area contributed by atoms with E-state index in [0.717, 1.165) is 25.9 Å². The number of aromatic nitrogens is 2. The summed E-state index contributed by atoms with van der Waals surface area (Å²) < 4.78 is 1.69. The monoisotopic (exact) mass is 261 g/mol. The van der Waals surface area contributed by atoms with E-state index >= 15 is 0 Å². The predicted molar refractivity (Wildman–Crippen MR) is 68.7 cm³/mol. The second-order valence-electron chi connectivity index (χ2n) is 4.81. The van der Waals surface area contributed by atoms with Crippen molar-refractivity contribution in [1.82, 2.24) is 14.7 Å². The molecule has 3 heterocycles. The molecule has 2 aromatic heterocycles. The first-order chi connectivity index (χ1) is 9.16. The summed E-state index contributed by atoms with van der Waals surface area (Å²) in [5.74, 6) is -0.0586. The fraction of sp³-hybridized carbons (Fsp3) is 0.385. The molecule has 1 aliphatic heterocycles. The largest absolute Gasteiger partial charge is 0.506 e. The second-order valence-corrected chi connectivity index (χ2v) is 4.81. The van der Waals surface area contributed by atoms with Crippen LogP contribution >= 0.6 is 0 Å². The minimum Gasteiger partial charge on any atom is -0.506 e. The van der Waals surface area contributed by atoms with Gasteiger partial charge in [-0.15, -0.1) is 0 Å². The van der Waals surface area contributed by atoms with Crippen molar-refractivity contribution in [3.8, 4) is 5.75 Å². The summed E-state index contributed by atoms with van der Waals surface area (Å²) >= 11 is 0. The average Bonchev–Trinajstić information content (AvgIpc) is 2.78. The van der Waals surface area contributed by atoms with E-state index < -0.39 is 5.97 Å². The molecule has 0 radical (unpaired) electrons. The normalized spacial score (nSPS) is 19.7. The summed E-state index contributed by atoms with van der Waals surface area (Å²) in [5, 5.41) is 22.1. The van der Waals surface area contributed by atoms with Crippen molar-refractivity contribution >= 4 is 11.5 Å². The third-order valence-electron chi connectivity index (χ3n) is 3.51. The van der Waals surface area contributed by atoms with Crippen molar-refractivity contribution in [2.45, 2.75) is 18.8 Å². The minimum atomic E-state index is -1.04. The lowest BCUT2D eigenvalue weighted by molar-refractivity contribution is 0.0693. The molecule has 0 bridgehead atoms. The Kier molecular flexibility index (Phi) is 2.87. The SMILES string of the molecule is O=C(O)c1nc(C2CCCNC2)n2cc(O)ccc12. The van der Waals surface area contributed by atoms with E-state index in [4.69, 9.17) is 0 Å². The maximum atomic E-state index is 11.2. The Bertz CT molecular complexity index is 629. The Hall–Kier alpha value is -2.08. The molecule has 0 aromatic carbocycles. The van der Waals surface area contributed by atoms with Crippen molar-refractivity contribution in [2.24, 2.45) is 0 Å². The fourth-order valence-corrected chi connectivity index (χ4v) is 2.62. The number of rotatable bonds is 2.